The van der Waals surface area contributed by atoms with E-state index in [4.69, 9.17) is 4.42 Å². The number of nitrogens with one attached hydrogen (secondary N) is 1. The van der Waals surface area contributed by atoms with Crippen molar-refractivity contribution in [3.8, 4) is 0 Å². The first kappa shape index (κ1) is 14.6. The van der Waals surface area contributed by atoms with E-state index < -0.39 is 0 Å². The number of hydrogen-bond donors (Lipinski definition) is 1. The molecule has 1 N–H and O–H groups in total. The minimum Gasteiger partial charge on any atom is -0.468 e. The number of likely N-dealkylation sites (tertiary alicyclic amines) is 1. The van der Waals surface area contributed by atoms with Crippen molar-refractivity contribution in [2.24, 2.45) is 5.41 Å². The molecule has 19 heavy (non-hydrogen) atoms. The van der Waals surface area contributed by atoms with Gasteiger partial charge in [0.1, 0.15) is 5.76 Å². The van der Waals surface area contributed by atoms with Gasteiger partial charge in [0.2, 0.25) is 0 Å². The van der Waals surface area contributed by atoms with Crippen LogP contribution in [0.5, 0.6) is 0 Å². The summed E-state index contributed by atoms with van der Waals surface area (Å²) in [7, 11) is 0. The average Bonchev–Trinajstić information content (AvgIpc) is 2.76. The monoisotopic (exact) mass is 264 g/mol. The summed E-state index contributed by atoms with van der Waals surface area (Å²) in [5.74, 6) is 1.10. The van der Waals surface area contributed by atoms with Gasteiger partial charge in [-0.3, -0.25) is 4.90 Å². The molecule has 2 rings (SSSR count). The number of hydrogen-bond acceptors (Lipinski definition) is 3. The van der Waals surface area contributed by atoms with Crippen LogP contribution in [0.4, 0.5) is 0 Å². The maximum Gasteiger partial charge on any atom is 0.118 e. The Balaban J connectivity index is 1.82. The van der Waals surface area contributed by atoms with E-state index in [1.165, 1.54) is 37.9 Å². The molecule has 0 saturated carbocycles. The van der Waals surface area contributed by atoms with Crippen LogP contribution < -0.4 is 5.32 Å². The molecule has 0 radical (unpaired) electrons. The molecule has 1 aliphatic rings. The van der Waals surface area contributed by atoms with E-state index in [0.717, 1.165) is 25.4 Å². The molecular formula is C16H28N2O. The van der Waals surface area contributed by atoms with Crippen LogP contribution in [0.3, 0.4) is 0 Å². The van der Waals surface area contributed by atoms with Crippen LogP contribution in [-0.2, 0) is 13.1 Å². The van der Waals surface area contributed by atoms with Gasteiger partial charge < -0.3 is 9.73 Å². The summed E-state index contributed by atoms with van der Waals surface area (Å²) in [6.07, 6.45) is 5.72. The van der Waals surface area contributed by atoms with E-state index >= 15 is 0 Å². The van der Waals surface area contributed by atoms with Crippen molar-refractivity contribution < 1.29 is 4.42 Å². The lowest BCUT2D eigenvalue weighted by Gasteiger charge is -2.37. The fourth-order valence-corrected chi connectivity index (χ4v) is 2.91. The second kappa shape index (κ2) is 6.58. The molecule has 1 aromatic heterocycles. The Bertz CT molecular complexity index is 384. The number of rotatable bonds is 6. The molecule has 1 fully saturated rings. The van der Waals surface area contributed by atoms with Crippen LogP contribution in [-0.4, -0.2) is 24.5 Å². The standard InChI is InChI=1S/C16H28N2O/c1-4-7-17-10-14-9-15(19-12-14)11-18-8-5-6-16(2,3)13-18/h9,12,17H,4-8,10-11,13H2,1-3H3. The molecule has 2 heterocycles. The summed E-state index contributed by atoms with van der Waals surface area (Å²) in [5, 5.41) is 3.41. The van der Waals surface area contributed by atoms with Crippen molar-refractivity contribution in [2.45, 2.75) is 53.1 Å². The zero-order chi connectivity index (χ0) is 13.7. The number of nitrogens with zero attached hydrogens (tertiary/aromatic N) is 1. The Morgan fingerprint density at radius 3 is 3.00 bits per heavy atom. The molecule has 3 heteroatoms. The van der Waals surface area contributed by atoms with Gasteiger partial charge in [0, 0.05) is 18.7 Å². The Labute approximate surface area is 117 Å². The Hall–Kier alpha value is -0.800. The van der Waals surface area contributed by atoms with Gasteiger partial charge in [-0.05, 0) is 43.8 Å². The molecule has 3 nitrogen and oxygen atoms in total. The zero-order valence-corrected chi connectivity index (χ0v) is 12.7. The highest BCUT2D eigenvalue weighted by Crippen LogP contribution is 2.29. The summed E-state index contributed by atoms with van der Waals surface area (Å²) in [6.45, 7) is 12.2. The molecular weight excluding hydrogens is 236 g/mol. The summed E-state index contributed by atoms with van der Waals surface area (Å²) < 4.78 is 5.68. The highest BCUT2D eigenvalue weighted by Gasteiger charge is 2.26. The van der Waals surface area contributed by atoms with Crippen LogP contribution >= 0.6 is 0 Å². The summed E-state index contributed by atoms with van der Waals surface area (Å²) in [4.78, 5) is 2.52. The highest BCUT2D eigenvalue weighted by atomic mass is 16.3. The first-order valence-electron chi connectivity index (χ1n) is 7.58. The first-order valence-corrected chi connectivity index (χ1v) is 7.58. The van der Waals surface area contributed by atoms with E-state index in [1.807, 2.05) is 6.26 Å². The number of furan rings is 1. The van der Waals surface area contributed by atoms with Gasteiger partial charge in [-0.25, -0.2) is 0 Å². The molecule has 1 aliphatic heterocycles. The Morgan fingerprint density at radius 1 is 1.42 bits per heavy atom. The summed E-state index contributed by atoms with van der Waals surface area (Å²) in [6, 6.07) is 2.20. The third kappa shape index (κ3) is 4.66. The molecule has 108 valence electrons. The van der Waals surface area contributed by atoms with Crippen molar-refractivity contribution >= 4 is 0 Å². The lowest BCUT2D eigenvalue weighted by molar-refractivity contribution is 0.105. The second-order valence-corrected chi connectivity index (χ2v) is 6.58. The largest absolute Gasteiger partial charge is 0.468 e. The van der Waals surface area contributed by atoms with Gasteiger partial charge in [0.25, 0.3) is 0 Å². The summed E-state index contributed by atoms with van der Waals surface area (Å²) in [5.41, 5.74) is 1.72. The summed E-state index contributed by atoms with van der Waals surface area (Å²) >= 11 is 0. The van der Waals surface area contributed by atoms with E-state index in [2.05, 4.69) is 37.1 Å². The average molecular weight is 264 g/mol. The Morgan fingerprint density at radius 2 is 2.26 bits per heavy atom. The maximum absolute atomic E-state index is 5.68. The lowest BCUT2D eigenvalue weighted by Crippen LogP contribution is -2.39. The molecule has 0 amide bonds. The highest BCUT2D eigenvalue weighted by molar-refractivity contribution is 5.12. The normalized spacial score (nSPS) is 19.7. The first-order chi connectivity index (χ1) is 9.09. The lowest BCUT2D eigenvalue weighted by atomic mass is 9.84. The minimum atomic E-state index is 0.455. The van der Waals surface area contributed by atoms with Gasteiger partial charge in [-0.15, -0.1) is 0 Å². The van der Waals surface area contributed by atoms with Crippen molar-refractivity contribution in [1.82, 2.24) is 10.2 Å². The molecule has 0 unspecified atom stereocenters. The van der Waals surface area contributed by atoms with Crippen molar-refractivity contribution in [1.29, 1.82) is 0 Å². The molecule has 1 saturated heterocycles. The van der Waals surface area contributed by atoms with Gasteiger partial charge in [-0.2, -0.15) is 0 Å². The molecule has 0 aromatic carbocycles. The molecule has 0 spiro atoms. The topological polar surface area (TPSA) is 28.4 Å². The van der Waals surface area contributed by atoms with Gasteiger partial charge >= 0.3 is 0 Å². The van der Waals surface area contributed by atoms with Crippen LogP contribution in [0.2, 0.25) is 0 Å². The SMILES string of the molecule is CCCNCc1coc(CN2CCCC(C)(C)C2)c1. The van der Waals surface area contributed by atoms with E-state index in [1.54, 1.807) is 0 Å². The van der Waals surface area contributed by atoms with Gasteiger partial charge in [0.05, 0.1) is 12.8 Å². The second-order valence-electron chi connectivity index (χ2n) is 6.58. The van der Waals surface area contributed by atoms with Crippen molar-refractivity contribution in [3.05, 3.63) is 23.7 Å². The van der Waals surface area contributed by atoms with Gasteiger partial charge in [0.15, 0.2) is 0 Å². The van der Waals surface area contributed by atoms with Crippen LogP contribution in [0.15, 0.2) is 16.7 Å². The number of piperidine rings is 1. The van der Waals surface area contributed by atoms with Crippen molar-refractivity contribution in [3.63, 3.8) is 0 Å². The molecule has 0 atom stereocenters. The fourth-order valence-electron chi connectivity index (χ4n) is 2.91. The van der Waals surface area contributed by atoms with E-state index in [0.29, 0.717) is 5.41 Å². The zero-order valence-electron chi connectivity index (χ0n) is 12.7. The maximum atomic E-state index is 5.68. The minimum absolute atomic E-state index is 0.455. The van der Waals surface area contributed by atoms with E-state index in [9.17, 15) is 0 Å². The predicted octanol–water partition coefficient (Wildman–Crippen LogP) is 3.40. The van der Waals surface area contributed by atoms with Crippen LogP contribution in [0.1, 0.15) is 51.4 Å². The Kier molecular flexibility index (Phi) is 5.06. The third-order valence-corrected chi connectivity index (χ3v) is 3.82. The van der Waals surface area contributed by atoms with Crippen LogP contribution in [0.25, 0.3) is 0 Å². The molecule has 0 aliphatic carbocycles. The van der Waals surface area contributed by atoms with Crippen LogP contribution in [0, 0.1) is 5.41 Å². The molecule has 0 bridgehead atoms. The fraction of sp³-hybridized carbons (Fsp3) is 0.750. The third-order valence-electron chi connectivity index (χ3n) is 3.82. The quantitative estimate of drug-likeness (QED) is 0.798. The molecule has 1 aromatic rings. The van der Waals surface area contributed by atoms with Crippen molar-refractivity contribution in [2.75, 3.05) is 19.6 Å². The smallest absolute Gasteiger partial charge is 0.118 e. The van der Waals surface area contributed by atoms with Gasteiger partial charge in [-0.1, -0.05) is 20.8 Å². The predicted molar refractivity (Wildman–Crippen MR) is 79.0 cm³/mol. The van der Waals surface area contributed by atoms with E-state index in [-0.39, 0.29) is 0 Å².